The van der Waals surface area contributed by atoms with Crippen molar-refractivity contribution in [3.8, 4) is 0 Å². The molecule has 2 aromatic rings. The normalized spacial score (nSPS) is 11.8. The Kier molecular flexibility index (Phi) is 5.23. The van der Waals surface area contributed by atoms with Gasteiger partial charge < -0.3 is 10.6 Å². The zero-order chi connectivity index (χ0) is 15.2. The van der Waals surface area contributed by atoms with Crippen LogP contribution in [0.1, 0.15) is 18.9 Å². The highest BCUT2D eigenvalue weighted by Gasteiger charge is 2.17. The molecular formula is C17H19ClN2O. The molecule has 4 heteroatoms. The van der Waals surface area contributed by atoms with Crippen LogP contribution in [-0.4, -0.2) is 11.9 Å². The van der Waals surface area contributed by atoms with Gasteiger partial charge in [0.25, 0.3) is 0 Å². The number of para-hydroxylation sites is 1. The number of hydrogen-bond acceptors (Lipinski definition) is 2. The summed E-state index contributed by atoms with van der Waals surface area (Å²) in [6.45, 7) is 3.91. The highest BCUT2D eigenvalue weighted by molar-refractivity contribution is 6.31. The quantitative estimate of drug-likeness (QED) is 0.855. The number of nitrogens with one attached hydrogen (secondary N) is 2. The Morgan fingerprint density at radius 2 is 1.86 bits per heavy atom. The molecule has 0 spiro atoms. The van der Waals surface area contributed by atoms with Crippen LogP contribution >= 0.6 is 11.6 Å². The lowest BCUT2D eigenvalue weighted by Gasteiger charge is -2.19. The molecule has 1 amide bonds. The molecule has 2 aromatic carbocycles. The van der Waals surface area contributed by atoms with Crippen molar-refractivity contribution in [3.63, 3.8) is 0 Å². The van der Waals surface area contributed by atoms with Gasteiger partial charge in [0, 0.05) is 16.4 Å². The first-order chi connectivity index (χ1) is 10.1. The number of halogens is 1. The van der Waals surface area contributed by atoms with E-state index >= 15 is 0 Å². The van der Waals surface area contributed by atoms with Crippen molar-refractivity contribution in [2.45, 2.75) is 26.3 Å². The Morgan fingerprint density at radius 1 is 1.14 bits per heavy atom. The molecule has 1 atom stereocenters. The Hall–Kier alpha value is -2.00. The van der Waals surface area contributed by atoms with Gasteiger partial charge in [-0.05, 0) is 43.2 Å². The molecule has 110 valence electrons. The summed E-state index contributed by atoms with van der Waals surface area (Å²) in [5, 5.41) is 6.87. The molecule has 0 aliphatic rings. The monoisotopic (exact) mass is 302 g/mol. The molecule has 0 aliphatic heterocycles. The summed E-state index contributed by atoms with van der Waals surface area (Å²) in [5.74, 6) is -0.0527. The molecule has 0 bridgehead atoms. The second kappa shape index (κ2) is 7.14. The smallest absolute Gasteiger partial charge is 0.246 e. The number of rotatable bonds is 5. The van der Waals surface area contributed by atoms with Gasteiger partial charge in [0.2, 0.25) is 5.91 Å². The number of anilines is 2. The van der Waals surface area contributed by atoms with Crippen molar-refractivity contribution in [1.29, 1.82) is 0 Å². The third kappa shape index (κ3) is 3.99. The largest absolute Gasteiger partial charge is 0.373 e. The summed E-state index contributed by atoms with van der Waals surface area (Å²) in [6, 6.07) is 14.8. The van der Waals surface area contributed by atoms with Crippen LogP contribution in [0.15, 0.2) is 48.5 Å². The van der Waals surface area contributed by atoms with E-state index in [1.807, 2.05) is 62.4 Å². The van der Waals surface area contributed by atoms with E-state index in [0.717, 1.165) is 16.9 Å². The second-order valence-electron chi connectivity index (χ2n) is 4.87. The molecule has 2 N–H and O–H groups in total. The number of benzene rings is 2. The fraction of sp³-hybridized carbons (Fsp3) is 0.235. The van der Waals surface area contributed by atoms with E-state index in [0.29, 0.717) is 11.4 Å². The van der Waals surface area contributed by atoms with Crippen molar-refractivity contribution in [2.75, 3.05) is 10.6 Å². The van der Waals surface area contributed by atoms with Crippen LogP contribution in [0.3, 0.4) is 0 Å². The molecule has 0 radical (unpaired) electrons. The first-order valence-corrected chi connectivity index (χ1v) is 7.37. The van der Waals surface area contributed by atoms with Crippen molar-refractivity contribution in [1.82, 2.24) is 0 Å². The molecule has 0 saturated heterocycles. The first kappa shape index (κ1) is 15.4. The van der Waals surface area contributed by atoms with Gasteiger partial charge >= 0.3 is 0 Å². The van der Waals surface area contributed by atoms with Crippen molar-refractivity contribution < 1.29 is 4.79 Å². The van der Waals surface area contributed by atoms with E-state index in [1.54, 1.807) is 0 Å². The molecule has 0 fully saturated rings. The van der Waals surface area contributed by atoms with E-state index in [9.17, 15) is 4.79 Å². The molecule has 21 heavy (non-hydrogen) atoms. The summed E-state index contributed by atoms with van der Waals surface area (Å²) in [6.07, 6.45) is 0.685. The van der Waals surface area contributed by atoms with Crippen molar-refractivity contribution in [2.24, 2.45) is 0 Å². The maximum Gasteiger partial charge on any atom is 0.246 e. The second-order valence-corrected chi connectivity index (χ2v) is 5.28. The molecule has 0 aromatic heterocycles. The predicted molar refractivity (Wildman–Crippen MR) is 89.0 cm³/mol. The van der Waals surface area contributed by atoms with Crippen LogP contribution in [0.25, 0.3) is 0 Å². The number of amides is 1. The lowest BCUT2D eigenvalue weighted by molar-refractivity contribution is -0.116. The third-order valence-electron chi connectivity index (χ3n) is 3.36. The summed E-state index contributed by atoms with van der Waals surface area (Å²) in [5.41, 5.74) is 2.63. The van der Waals surface area contributed by atoms with Gasteiger partial charge in [-0.2, -0.15) is 0 Å². The zero-order valence-electron chi connectivity index (χ0n) is 12.2. The van der Waals surface area contributed by atoms with Crippen LogP contribution in [0, 0.1) is 6.92 Å². The van der Waals surface area contributed by atoms with Crippen LogP contribution in [0.4, 0.5) is 11.4 Å². The molecule has 0 heterocycles. The Labute approximate surface area is 130 Å². The minimum Gasteiger partial charge on any atom is -0.373 e. The van der Waals surface area contributed by atoms with Crippen molar-refractivity contribution in [3.05, 3.63) is 59.1 Å². The van der Waals surface area contributed by atoms with E-state index in [4.69, 9.17) is 11.6 Å². The standard InChI is InChI=1S/C17H19ClN2O/c1-3-15(17(21)19-13-8-5-4-6-9-13)20-16-11-7-10-14(18)12(16)2/h4-11,15,20H,3H2,1-2H3,(H,19,21)/t15-/m1/s1. The molecule has 0 saturated carbocycles. The van der Waals surface area contributed by atoms with Gasteiger partial charge in [-0.3, -0.25) is 4.79 Å². The van der Waals surface area contributed by atoms with Gasteiger partial charge in [0.05, 0.1) is 0 Å². The van der Waals surface area contributed by atoms with Crippen LogP contribution in [-0.2, 0) is 4.79 Å². The van der Waals surface area contributed by atoms with Gasteiger partial charge in [-0.15, -0.1) is 0 Å². The fourth-order valence-corrected chi connectivity index (χ4v) is 2.23. The Morgan fingerprint density at radius 3 is 2.52 bits per heavy atom. The summed E-state index contributed by atoms with van der Waals surface area (Å²) in [7, 11) is 0. The lowest BCUT2D eigenvalue weighted by atomic mass is 10.1. The van der Waals surface area contributed by atoms with Gasteiger partial charge in [-0.1, -0.05) is 42.8 Å². The van der Waals surface area contributed by atoms with E-state index in [-0.39, 0.29) is 11.9 Å². The minimum absolute atomic E-state index is 0.0527. The first-order valence-electron chi connectivity index (χ1n) is 6.99. The maximum absolute atomic E-state index is 12.3. The molecule has 3 nitrogen and oxygen atoms in total. The van der Waals surface area contributed by atoms with Crippen LogP contribution in [0.5, 0.6) is 0 Å². The van der Waals surface area contributed by atoms with E-state index in [2.05, 4.69) is 10.6 Å². The van der Waals surface area contributed by atoms with Crippen molar-refractivity contribution >= 4 is 28.9 Å². The molecule has 0 unspecified atom stereocenters. The highest BCUT2D eigenvalue weighted by atomic mass is 35.5. The maximum atomic E-state index is 12.3. The molecule has 2 rings (SSSR count). The van der Waals surface area contributed by atoms with Crippen LogP contribution in [0.2, 0.25) is 5.02 Å². The zero-order valence-corrected chi connectivity index (χ0v) is 12.9. The Balaban J connectivity index is 2.09. The van der Waals surface area contributed by atoms with Gasteiger partial charge in [0.15, 0.2) is 0 Å². The average Bonchev–Trinajstić information content (AvgIpc) is 2.49. The van der Waals surface area contributed by atoms with Gasteiger partial charge in [0.1, 0.15) is 6.04 Å². The van der Waals surface area contributed by atoms with Gasteiger partial charge in [-0.25, -0.2) is 0 Å². The SMILES string of the molecule is CC[C@@H](Nc1cccc(Cl)c1C)C(=O)Nc1ccccc1. The van der Waals surface area contributed by atoms with Crippen LogP contribution < -0.4 is 10.6 Å². The molecule has 0 aliphatic carbocycles. The summed E-state index contributed by atoms with van der Waals surface area (Å²) in [4.78, 5) is 12.3. The third-order valence-corrected chi connectivity index (χ3v) is 3.77. The Bertz CT molecular complexity index is 613. The minimum atomic E-state index is -0.303. The number of carbonyl (C=O) groups is 1. The predicted octanol–water partition coefficient (Wildman–Crippen LogP) is 4.48. The fourth-order valence-electron chi connectivity index (χ4n) is 2.06. The highest BCUT2D eigenvalue weighted by Crippen LogP contribution is 2.24. The van der Waals surface area contributed by atoms with E-state index in [1.165, 1.54) is 0 Å². The lowest BCUT2D eigenvalue weighted by Crippen LogP contribution is -2.34. The summed E-state index contributed by atoms with van der Waals surface area (Å²) < 4.78 is 0. The number of hydrogen-bond donors (Lipinski definition) is 2. The molecular weight excluding hydrogens is 284 g/mol. The van der Waals surface area contributed by atoms with E-state index < -0.39 is 0 Å². The average molecular weight is 303 g/mol. The summed E-state index contributed by atoms with van der Waals surface area (Å²) >= 11 is 6.11. The number of carbonyl (C=O) groups excluding carboxylic acids is 1. The topological polar surface area (TPSA) is 41.1 Å².